The number of amides is 1. The number of carbonyl (C=O) groups excluding carboxylic acids is 2. The second kappa shape index (κ2) is 10.9. The molecule has 3 rings (SSSR count). The van der Waals surface area contributed by atoms with E-state index < -0.39 is 12.1 Å². The first-order chi connectivity index (χ1) is 15.9. The summed E-state index contributed by atoms with van der Waals surface area (Å²) in [4.78, 5) is 24.0. The first-order valence-electron chi connectivity index (χ1n) is 10.3. The number of rotatable bonds is 9. The summed E-state index contributed by atoms with van der Waals surface area (Å²) in [6, 6.07) is 18.7. The van der Waals surface area contributed by atoms with Crippen LogP contribution in [-0.2, 0) is 9.53 Å². The maximum atomic E-state index is 12.4. The van der Waals surface area contributed by atoms with Crippen molar-refractivity contribution < 1.29 is 28.9 Å². The highest BCUT2D eigenvalue weighted by molar-refractivity contribution is 5.94. The molecule has 0 spiro atoms. The average Bonchev–Trinajstić information content (AvgIpc) is 2.80. The number of aromatic hydroxyl groups is 1. The normalized spacial score (nSPS) is 11.2. The van der Waals surface area contributed by atoms with Crippen molar-refractivity contribution in [1.29, 1.82) is 0 Å². The number of hydrogen-bond donors (Lipinski definition) is 3. The summed E-state index contributed by atoms with van der Waals surface area (Å²) in [6.45, 7) is 3.64. The maximum absolute atomic E-state index is 12.4. The number of esters is 1. The van der Waals surface area contributed by atoms with E-state index in [1.165, 1.54) is 13.2 Å². The van der Waals surface area contributed by atoms with Crippen LogP contribution in [0, 0.1) is 6.92 Å². The van der Waals surface area contributed by atoms with E-state index in [1.54, 1.807) is 49.4 Å². The standard InChI is InChI=1S/C25H26N2O6/c1-16-6-4-9-21(12-16)33-17(2)24(29)27-19-10-11-22(23(28)14-19)26-15-32-20-8-5-7-18(13-20)25(30)31-3/h4-14,17,26,28H,15H2,1-3H3,(H,27,29). The molecule has 0 aromatic heterocycles. The smallest absolute Gasteiger partial charge is 0.337 e. The summed E-state index contributed by atoms with van der Waals surface area (Å²) in [5.74, 6) is 0.216. The van der Waals surface area contributed by atoms with Gasteiger partial charge < -0.3 is 30.0 Å². The molecular formula is C25H26N2O6. The van der Waals surface area contributed by atoms with Crippen LogP contribution in [0.3, 0.4) is 0 Å². The van der Waals surface area contributed by atoms with Crippen LogP contribution >= 0.6 is 0 Å². The summed E-state index contributed by atoms with van der Waals surface area (Å²) in [7, 11) is 1.31. The van der Waals surface area contributed by atoms with Gasteiger partial charge in [-0.3, -0.25) is 4.79 Å². The molecule has 0 heterocycles. The Morgan fingerprint density at radius 2 is 1.76 bits per heavy atom. The molecule has 1 amide bonds. The molecule has 3 N–H and O–H groups in total. The lowest BCUT2D eigenvalue weighted by Gasteiger charge is -2.16. The van der Waals surface area contributed by atoms with Gasteiger partial charge in [0.1, 0.15) is 17.2 Å². The third-order valence-electron chi connectivity index (χ3n) is 4.69. The number of hydrogen-bond acceptors (Lipinski definition) is 7. The Kier molecular flexibility index (Phi) is 7.75. The second-order valence-electron chi connectivity index (χ2n) is 7.28. The predicted molar refractivity (Wildman–Crippen MR) is 125 cm³/mol. The van der Waals surface area contributed by atoms with Crippen LogP contribution < -0.4 is 20.1 Å². The molecule has 1 unspecified atom stereocenters. The zero-order valence-corrected chi connectivity index (χ0v) is 18.6. The van der Waals surface area contributed by atoms with E-state index in [1.807, 2.05) is 25.1 Å². The van der Waals surface area contributed by atoms with Crippen LogP contribution in [0.4, 0.5) is 11.4 Å². The predicted octanol–water partition coefficient (Wildman–Crippen LogP) is 4.34. The number of phenols is 1. The van der Waals surface area contributed by atoms with Crippen LogP contribution in [0.15, 0.2) is 66.7 Å². The Labute approximate surface area is 192 Å². The number of ether oxygens (including phenoxy) is 3. The fourth-order valence-corrected chi connectivity index (χ4v) is 2.98. The van der Waals surface area contributed by atoms with Crippen LogP contribution in [0.2, 0.25) is 0 Å². The van der Waals surface area contributed by atoms with Gasteiger partial charge in [-0.15, -0.1) is 0 Å². The monoisotopic (exact) mass is 450 g/mol. The summed E-state index contributed by atoms with van der Waals surface area (Å²) in [5, 5.41) is 16.0. The lowest BCUT2D eigenvalue weighted by molar-refractivity contribution is -0.122. The first kappa shape index (κ1) is 23.5. The molecule has 0 saturated carbocycles. The van der Waals surface area contributed by atoms with Crippen molar-refractivity contribution in [2.45, 2.75) is 20.0 Å². The van der Waals surface area contributed by atoms with Crippen molar-refractivity contribution in [2.24, 2.45) is 0 Å². The van der Waals surface area contributed by atoms with Gasteiger partial charge in [0.25, 0.3) is 5.91 Å². The van der Waals surface area contributed by atoms with Crippen LogP contribution in [-0.4, -0.2) is 36.9 Å². The molecule has 3 aromatic carbocycles. The van der Waals surface area contributed by atoms with Crippen molar-refractivity contribution in [3.63, 3.8) is 0 Å². The van der Waals surface area contributed by atoms with E-state index in [2.05, 4.69) is 15.4 Å². The van der Waals surface area contributed by atoms with Gasteiger partial charge in [-0.05, 0) is 61.9 Å². The highest BCUT2D eigenvalue weighted by atomic mass is 16.5. The molecule has 33 heavy (non-hydrogen) atoms. The van der Waals surface area contributed by atoms with Crippen molar-refractivity contribution in [2.75, 3.05) is 24.5 Å². The van der Waals surface area contributed by atoms with Gasteiger partial charge in [0.2, 0.25) is 0 Å². The minimum atomic E-state index is -0.721. The summed E-state index contributed by atoms with van der Waals surface area (Å²) < 4.78 is 15.9. The van der Waals surface area contributed by atoms with Gasteiger partial charge in [0.05, 0.1) is 18.4 Å². The van der Waals surface area contributed by atoms with Crippen molar-refractivity contribution in [3.05, 3.63) is 77.9 Å². The Balaban J connectivity index is 1.53. The average molecular weight is 450 g/mol. The molecular weight excluding hydrogens is 424 g/mol. The number of methoxy groups -OCH3 is 1. The third kappa shape index (κ3) is 6.64. The maximum Gasteiger partial charge on any atom is 0.337 e. The number of nitrogens with one attached hydrogen (secondary N) is 2. The highest BCUT2D eigenvalue weighted by Gasteiger charge is 2.16. The van der Waals surface area contributed by atoms with Gasteiger partial charge in [-0.1, -0.05) is 18.2 Å². The third-order valence-corrected chi connectivity index (χ3v) is 4.69. The molecule has 0 aliphatic carbocycles. The number of aryl methyl sites for hydroxylation is 1. The highest BCUT2D eigenvalue weighted by Crippen LogP contribution is 2.27. The Morgan fingerprint density at radius 1 is 1.00 bits per heavy atom. The number of anilines is 2. The molecule has 0 fully saturated rings. The summed E-state index contributed by atoms with van der Waals surface area (Å²) >= 11 is 0. The minimum absolute atomic E-state index is 0.0469. The van der Waals surface area contributed by atoms with E-state index in [0.29, 0.717) is 28.4 Å². The van der Waals surface area contributed by atoms with E-state index in [0.717, 1.165) is 5.56 Å². The molecule has 0 aliphatic heterocycles. The van der Waals surface area contributed by atoms with E-state index in [9.17, 15) is 14.7 Å². The van der Waals surface area contributed by atoms with Crippen LogP contribution in [0.5, 0.6) is 17.2 Å². The fourth-order valence-electron chi connectivity index (χ4n) is 2.98. The van der Waals surface area contributed by atoms with E-state index in [4.69, 9.17) is 9.47 Å². The fraction of sp³-hybridized carbons (Fsp3) is 0.200. The molecule has 8 nitrogen and oxygen atoms in total. The molecule has 0 saturated heterocycles. The number of phenolic OH excluding ortho intramolecular Hbond substituents is 1. The largest absolute Gasteiger partial charge is 0.506 e. The minimum Gasteiger partial charge on any atom is -0.506 e. The van der Waals surface area contributed by atoms with Gasteiger partial charge in [0, 0.05) is 11.8 Å². The van der Waals surface area contributed by atoms with Crippen molar-refractivity contribution in [1.82, 2.24) is 0 Å². The van der Waals surface area contributed by atoms with Gasteiger partial charge in [0.15, 0.2) is 12.8 Å². The van der Waals surface area contributed by atoms with Crippen LogP contribution in [0.1, 0.15) is 22.8 Å². The Morgan fingerprint density at radius 3 is 2.48 bits per heavy atom. The summed E-state index contributed by atoms with van der Waals surface area (Å²) in [6.07, 6.45) is -0.721. The molecule has 172 valence electrons. The quantitative estimate of drug-likeness (QED) is 0.253. The first-order valence-corrected chi connectivity index (χ1v) is 10.3. The van der Waals surface area contributed by atoms with E-state index >= 15 is 0 Å². The second-order valence-corrected chi connectivity index (χ2v) is 7.28. The lowest BCUT2D eigenvalue weighted by atomic mass is 10.2. The van der Waals surface area contributed by atoms with Gasteiger partial charge >= 0.3 is 5.97 Å². The topological polar surface area (TPSA) is 106 Å². The van der Waals surface area contributed by atoms with Crippen molar-refractivity contribution >= 4 is 23.3 Å². The van der Waals surface area contributed by atoms with Crippen molar-refractivity contribution in [3.8, 4) is 17.2 Å². The molecule has 8 heteroatoms. The van der Waals surface area contributed by atoms with E-state index in [-0.39, 0.29) is 18.4 Å². The SMILES string of the molecule is COC(=O)c1cccc(OCNc2ccc(NC(=O)C(C)Oc3cccc(C)c3)cc2O)c1. The Bertz CT molecular complexity index is 1130. The number of carbonyl (C=O) groups is 2. The lowest BCUT2D eigenvalue weighted by Crippen LogP contribution is -2.30. The molecule has 3 aromatic rings. The molecule has 1 atom stereocenters. The van der Waals surface area contributed by atoms with Gasteiger partial charge in [-0.25, -0.2) is 4.79 Å². The molecule has 0 aliphatic rings. The zero-order valence-electron chi connectivity index (χ0n) is 18.6. The Hall–Kier alpha value is -4.20. The number of benzene rings is 3. The zero-order chi connectivity index (χ0) is 23.8. The molecule has 0 radical (unpaired) electrons. The molecule has 0 bridgehead atoms. The van der Waals surface area contributed by atoms with Gasteiger partial charge in [-0.2, -0.15) is 0 Å². The summed E-state index contributed by atoms with van der Waals surface area (Å²) in [5.41, 5.74) is 2.25. The van der Waals surface area contributed by atoms with Crippen LogP contribution in [0.25, 0.3) is 0 Å².